The van der Waals surface area contributed by atoms with E-state index in [4.69, 9.17) is 13.7 Å². The lowest BCUT2D eigenvalue weighted by Crippen LogP contribution is -2.50. The Balaban J connectivity index is 1.21. The van der Waals surface area contributed by atoms with Crippen LogP contribution in [0, 0.1) is 19.3 Å². The van der Waals surface area contributed by atoms with Crippen molar-refractivity contribution in [3.05, 3.63) is 70.5 Å². The highest BCUT2D eigenvalue weighted by molar-refractivity contribution is 5.92. The van der Waals surface area contributed by atoms with E-state index in [1.165, 1.54) is 5.56 Å². The van der Waals surface area contributed by atoms with Gasteiger partial charge in [-0.1, -0.05) is 29.8 Å². The maximum atomic E-state index is 13.4. The predicted octanol–water partition coefficient (Wildman–Crippen LogP) is 5.01. The van der Waals surface area contributed by atoms with E-state index in [0.717, 1.165) is 54.9 Å². The zero-order chi connectivity index (χ0) is 26.5. The summed E-state index contributed by atoms with van der Waals surface area (Å²) in [5.74, 6) is 2.74. The second kappa shape index (κ2) is 11.5. The van der Waals surface area contributed by atoms with E-state index in [2.05, 4.69) is 22.6 Å². The number of ether oxygens (including phenoxy) is 1. The van der Waals surface area contributed by atoms with Gasteiger partial charge in [0.2, 0.25) is 5.91 Å². The van der Waals surface area contributed by atoms with Crippen LogP contribution >= 0.6 is 0 Å². The van der Waals surface area contributed by atoms with Gasteiger partial charge in [0.1, 0.15) is 17.3 Å². The molecule has 0 aliphatic carbocycles. The lowest BCUT2D eigenvalue weighted by Gasteiger charge is -2.40. The lowest BCUT2D eigenvalue weighted by molar-refractivity contribution is -0.134. The van der Waals surface area contributed by atoms with Crippen molar-refractivity contribution in [1.82, 2.24) is 15.4 Å². The molecule has 202 valence electrons. The molecule has 1 fully saturated rings. The predicted molar refractivity (Wildman–Crippen MR) is 142 cm³/mol. The number of hydrogen-bond donors (Lipinski definition) is 1. The van der Waals surface area contributed by atoms with Crippen molar-refractivity contribution >= 4 is 11.8 Å². The van der Waals surface area contributed by atoms with Crippen molar-refractivity contribution < 1.29 is 23.3 Å². The fourth-order valence-corrected chi connectivity index (χ4v) is 5.67. The SMILES string of the molecule is Cc1noc(C)c1Cc1ccc(C(=O)N2CCC3(CCCCc4ccccc4OCCCNC3=O)CC2)o1. The molecule has 5 rings (SSSR count). The third kappa shape index (κ3) is 5.64. The monoisotopic (exact) mass is 519 g/mol. The first-order valence-electron chi connectivity index (χ1n) is 13.7. The molecule has 0 atom stereocenters. The quantitative estimate of drug-likeness (QED) is 0.523. The molecule has 8 heteroatoms. The van der Waals surface area contributed by atoms with Crippen molar-refractivity contribution in [2.24, 2.45) is 5.41 Å². The molecule has 1 saturated heterocycles. The first-order valence-corrected chi connectivity index (χ1v) is 13.7. The van der Waals surface area contributed by atoms with Gasteiger partial charge in [0.05, 0.1) is 17.7 Å². The molecular weight excluding hydrogens is 482 g/mol. The Morgan fingerprint density at radius 3 is 2.66 bits per heavy atom. The van der Waals surface area contributed by atoms with Crippen LogP contribution in [0.4, 0.5) is 0 Å². The number of aromatic nitrogens is 1. The van der Waals surface area contributed by atoms with Gasteiger partial charge in [-0.2, -0.15) is 0 Å². The number of amides is 2. The summed E-state index contributed by atoms with van der Waals surface area (Å²) in [4.78, 5) is 28.5. The van der Waals surface area contributed by atoms with Crippen LogP contribution in [0.2, 0.25) is 0 Å². The highest BCUT2D eigenvalue weighted by Crippen LogP contribution is 2.38. The van der Waals surface area contributed by atoms with E-state index in [-0.39, 0.29) is 11.8 Å². The van der Waals surface area contributed by atoms with Crippen LogP contribution in [0.1, 0.15) is 77.4 Å². The van der Waals surface area contributed by atoms with Gasteiger partial charge in [0.15, 0.2) is 5.76 Å². The third-order valence-corrected chi connectivity index (χ3v) is 8.08. The summed E-state index contributed by atoms with van der Waals surface area (Å²) < 4.78 is 17.1. The average Bonchev–Trinajstić information content (AvgIpc) is 3.53. The zero-order valence-electron chi connectivity index (χ0n) is 22.4. The summed E-state index contributed by atoms with van der Waals surface area (Å²) in [6.45, 7) is 6.02. The zero-order valence-corrected chi connectivity index (χ0v) is 22.4. The molecule has 1 spiro atoms. The van der Waals surface area contributed by atoms with Gasteiger partial charge in [-0.15, -0.1) is 0 Å². The molecule has 0 unspecified atom stereocenters. The van der Waals surface area contributed by atoms with Crippen molar-refractivity contribution in [1.29, 1.82) is 0 Å². The summed E-state index contributed by atoms with van der Waals surface area (Å²) >= 11 is 0. The molecule has 4 heterocycles. The van der Waals surface area contributed by atoms with Gasteiger partial charge in [0.25, 0.3) is 5.91 Å². The molecular formula is C30H37N3O5. The molecule has 1 aromatic carbocycles. The number of hydrogen-bond acceptors (Lipinski definition) is 6. The van der Waals surface area contributed by atoms with Crippen molar-refractivity contribution in [3.63, 3.8) is 0 Å². The highest BCUT2D eigenvalue weighted by Gasteiger charge is 2.42. The number of furan rings is 1. The normalized spacial score (nSPS) is 18.5. The van der Waals surface area contributed by atoms with Crippen LogP contribution in [-0.4, -0.2) is 48.1 Å². The minimum Gasteiger partial charge on any atom is -0.493 e. The molecule has 2 aliphatic rings. The molecule has 0 saturated carbocycles. The van der Waals surface area contributed by atoms with Crippen LogP contribution in [-0.2, 0) is 17.6 Å². The summed E-state index contributed by atoms with van der Waals surface area (Å²) in [6, 6.07) is 11.8. The van der Waals surface area contributed by atoms with Crippen LogP contribution in [0.5, 0.6) is 5.75 Å². The Morgan fingerprint density at radius 2 is 1.87 bits per heavy atom. The minimum absolute atomic E-state index is 0.112. The Hall–Kier alpha value is -3.55. The third-order valence-electron chi connectivity index (χ3n) is 8.08. The fraction of sp³-hybridized carbons (Fsp3) is 0.500. The van der Waals surface area contributed by atoms with Crippen LogP contribution in [0.25, 0.3) is 0 Å². The number of carbonyl (C=O) groups excluding carboxylic acids is 2. The van der Waals surface area contributed by atoms with Gasteiger partial charge >= 0.3 is 0 Å². The van der Waals surface area contributed by atoms with Gasteiger partial charge in [-0.3, -0.25) is 9.59 Å². The lowest BCUT2D eigenvalue weighted by atomic mass is 9.73. The molecule has 38 heavy (non-hydrogen) atoms. The molecule has 2 aromatic heterocycles. The summed E-state index contributed by atoms with van der Waals surface area (Å²) in [5.41, 5.74) is 2.60. The van der Waals surface area contributed by atoms with Crippen molar-refractivity contribution in [2.75, 3.05) is 26.2 Å². The van der Waals surface area contributed by atoms with Gasteiger partial charge in [-0.05, 0) is 76.1 Å². The molecule has 0 radical (unpaired) electrons. The van der Waals surface area contributed by atoms with E-state index in [0.29, 0.717) is 57.0 Å². The van der Waals surface area contributed by atoms with Gasteiger partial charge in [-0.25, -0.2) is 0 Å². The number of likely N-dealkylation sites (tertiary alicyclic amines) is 1. The van der Waals surface area contributed by atoms with Crippen molar-refractivity contribution in [3.8, 4) is 5.75 Å². The number of para-hydroxylation sites is 1. The van der Waals surface area contributed by atoms with Crippen LogP contribution < -0.4 is 10.1 Å². The molecule has 0 bridgehead atoms. The Labute approximate surface area is 223 Å². The maximum Gasteiger partial charge on any atom is 0.289 e. The summed E-state index contributed by atoms with van der Waals surface area (Å²) in [7, 11) is 0. The van der Waals surface area contributed by atoms with Crippen LogP contribution in [0.15, 0.2) is 45.3 Å². The number of carbonyl (C=O) groups is 2. The first-order chi connectivity index (χ1) is 18.4. The molecule has 3 aromatic rings. The number of benzene rings is 1. The molecule has 2 aliphatic heterocycles. The number of fused-ring (bicyclic) bond motifs is 1. The van der Waals surface area contributed by atoms with Gasteiger partial charge in [0, 0.05) is 31.6 Å². The first kappa shape index (κ1) is 26.1. The molecule has 8 nitrogen and oxygen atoms in total. The van der Waals surface area contributed by atoms with E-state index < -0.39 is 5.41 Å². The van der Waals surface area contributed by atoms with Gasteiger partial charge < -0.3 is 23.9 Å². The topological polar surface area (TPSA) is 97.8 Å². The molecule has 1 N–H and O–H groups in total. The van der Waals surface area contributed by atoms with E-state index >= 15 is 0 Å². The number of piperidine rings is 1. The summed E-state index contributed by atoms with van der Waals surface area (Å²) in [5, 5.41) is 7.15. The summed E-state index contributed by atoms with van der Waals surface area (Å²) in [6.07, 6.45) is 6.33. The minimum atomic E-state index is -0.442. The highest BCUT2D eigenvalue weighted by atomic mass is 16.5. The van der Waals surface area contributed by atoms with Crippen LogP contribution in [0.3, 0.4) is 0 Å². The van der Waals surface area contributed by atoms with Crippen molar-refractivity contribution in [2.45, 2.75) is 65.2 Å². The number of aryl methyl sites for hydroxylation is 3. The standard InChI is InChI=1S/C30H37N3O5/c1-21-25(22(2)38-32-21)20-24-11-12-27(37-24)28(34)33-17-14-30(15-18-33)13-6-5-9-23-8-3-4-10-26(23)36-19-7-16-31-29(30)35/h3-4,8,10-12H,5-7,9,13-20H2,1-2H3,(H,31,35). The average molecular weight is 520 g/mol. The number of nitrogens with one attached hydrogen (secondary N) is 1. The maximum absolute atomic E-state index is 13.4. The number of rotatable bonds is 3. The smallest absolute Gasteiger partial charge is 0.289 e. The Morgan fingerprint density at radius 1 is 1.05 bits per heavy atom. The Bertz CT molecular complexity index is 1250. The van der Waals surface area contributed by atoms with E-state index in [9.17, 15) is 9.59 Å². The Kier molecular flexibility index (Phi) is 7.86. The number of nitrogens with zero attached hydrogens (tertiary/aromatic N) is 2. The van der Waals surface area contributed by atoms with E-state index in [1.54, 1.807) is 6.07 Å². The van der Waals surface area contributed by atoms with E-state index in [1.807, 2.05) is 36.9 Å². The second-order valence-corrected chi connectivity index (χ2v) is 10.6. The molecule has 2 amide bonds. The second-order valence-electron chi connectivity index (χ2n) is 10.6. The largest absolute Gasteiger partial charge is 0.493 e. The fourth-order valence-electron chi connectivity index (χ4n) is 5.67.